The number of nitrogens with zero attached hydrogens (tertiary/aromatic N) is 2. The lowest BCUT2D eigenvalue weighted by molar-refractivity contribution is -0.670. The van der Waals surface area contributed by atoms with Gasteiger partial charge >= 0.3 is 0 Å². The molecule has 2 heterocycles. The highest BCUT2D eigenvalue weighted by molar-refractivity contribution is 8.03. The molecule has 1 aliphatic rings. The molecule has 4 rings (SSSR count). The van der Waals surface area contributed by atoms with E-state index >= 15 is 0 Å². The molecule has 0 unspecified atom stereocenters. The summed E-state index contributed by atoms with van der Waals surface area (Å²) in [7, 11) is 1.63. The van der Waals surface area contributed by atoms with E-state index in [-0.39, 0.29) is 19.8 Å². The molecule has 216 valence electrons. The average molecular weight is 592 g/mol. The van der Waals surface area contributed by atoms with Crippen LogP contribution in [-0.4, -0.2) is 76.8 Å². The third-order valence-electron chi connectivity index (χ3n) is 6.08. The van der Waals surface area contributed by atoms with E-state index in [9.17, 15) is 9.50 Å². The van der Waals surface area contributed by atoms with Crippen molar-refractivity contribution in [3.63, 3.8) is 0 Å². The second kappa shape index (κ2) is 15.4. The van der Waals surface area contributed by atoms with Gasteiger partial charge in [0.25, 0.3) is 5.01 Å². The van der Waals surface area contributed by atoms with Crippen LogP contribution in [0.4, 0.5) is 10.1 Å². The Hall–Kier alpha value is -2.67. The molecule has 0 atom stereocenters. The molecule has 40 heavy (non-hydrogen) atoms. The number of halogens is 1. The van der Waals surface area contributed by atoms with Crippen LogP contribution in [0.15, 0.2) is 58.0 Å². The van der Waals surface area contributed by atoms with Gasteiger partial charge in [0, 0.05) is 17.0 Å². The van der Waals surface area contributed by atoms with Crippen LogP contribution in [0.5, 0.6) is 11.5 Å². The quantitative estimate of drug-likeness (QED) is 0.187. The fourth-order valence-electron chi connectivity index (χ4n) is 4.28. The summed E-state index contributed by atoms with van der Waals surface area (Å²) in [6, 6.07) is 11.8. The molecule has 0 spiro atoms. The van der Waals surface area contributed by atoms with E-state index in [1.807, 2.05) is 48.2 Å². The Morgan fingerprint density at radius 3 is 2.52 bits per heavy atom. The van der Waals surface area contributed by atoms with Crippen LogP contribution in [0.25, 0.3) is 16.3 Å². The summed E-state index contributed by atoms with van der Waals surface area (Å²) >= 11 is 3.26. The standard InChI is InChI=1S/C29H36FN2O6S2/c1-21(17-28-31(8-7-30)24-19-22(35-2)3-5-26(24)39-28)18-29-32(9-10-33)25-20-23(4-6-27(25)40-29)38-16-15-37-14-13-36-12-11-34/h3-6,17-20,33-34H,7-16H2,1-2H3/q+1. The topological polar surface area (TPSA) is 84.5 Å². The van der Waals surface area contributed by atoms with E-state index in [1.165, 1.54) is 0 Å². The summed E-state index contributed by atoms with van der Waals surface area (Å²) < 4.78 is 38.6. The normalized spacial score (nSPS) is 14.4. The number of fused-ring (bicyclic) bond motifs is 2. The van der Waals surface area contributed by atoms with Crippen LogP contribution in [0.2, 0.25) is 0 Å². The molecule has 0 aliphatic carbocycles. The van der Waals surface area contributed by atoms with Gasteiger partial charge in [-0.1, -0.05) is 23.1 Å². The Morgan fingerprint density at radius 1 is 1.00 bits per heavy atom. The van der Waals surface area contributed by atoms with Gasteiger partial charge in [0.1, 0.15) is 36.1 Å². The minimum Gasteiger partial charge on any atom is -0.497 e. The number of hydrogen-bond acceptors (Lipinski definition) is 9. The zero-order valence-electron chi connectivity index (χ0n) is 22.8. The Kier molecular flexibility index (Phi) is 11.6. The molecule has 1 aromatic heterocycles. The number of aromatic nitrogens is 1. The van der Waals surface area contributed by atoms with E-state index in [2.05, 4.69) is 16.7 Å². The third-order valence-corrected chi connectivity index (χ3v) is 8.30. The first-order chi connectivity index (χ1) is 19.6. The fraction of sp³-hybridized carbons (Fsp3) is 0.414. The van der Waals surface area contributed by atoms with Crippen LogP contribution < -0.4 is 18.9 Å². The average Bonchev–Trinajstić information content (AvgIpc) is 3.46. The SMILES string of the molecule is COc1ccc2c(c1)N(CCF)C(=CC(C)=Cc1sc3ccc(OCCOCCOCCO)cc3[n+]1CCO)S2. The fourth-order valence-corrected chi connectivity index (χ4v) is 6.63. The molecule has 0 amide bonds. The van der Waals surface area contributed by atoms with E-state index in [0.29, 0.717) is 39.6 Å². The second-order valence-electron chi connectivity index (χ2n) is 8.89. The van der Waals surface area contributed by atoms with Gasteiger partial charge < -0.3 is 34.1 Å². The second-order valence-corrected chi connectivity index (χ2v) is 11.0. The predicted molar refractivity (Wildman–Crippen MR) is 157 cm³/mol. The summed E-state index contributed by atoms with van der Waals surface area (Å²) in [4.78, 5) is 3.06. The van der Waals surface area contributed by atoms with E-state index in [0.717, 1.165) is 47.9 Å². The molecule has 0 bridgehead atoms. The number of aliphatic hydroxyl groups excluding tert-OH is 2. The number of anilines is 1. The summed E-state index contributed by atoms with van der Waals surface area (Å²) in [6.45, 7) is 4.31. The Balaban J connectivity index is 1.49. The number of thiazole rings is 1. The maximum Gasteiger partial charge on any atom is 0.263 e. The van der Waals surface area contributed by atoms with Crippen molar-refractivity contribution in [1.82, 2.24) is 0 Å². The predicted octanol–water partition coefficient (Wildman–Crippen LogP) is 4.42. The number of aliphatic hydroxyl groups is 2. The number of thioether (sulfide) groups is 1. The monoisotopic (exact) mass is 591 g/mol. The van der Waals surface area contributed by atoms with Crippen LogP contribution in [0.3, 0.4) is 0 Å². The largest absolute Gasteiger partial charge is 0.497 e. The highest BCUT2D eigenvalue weighted by Crippen LogP contribution is 2.47. The van der Waals surface area contributed by atoms with Crippen LogP contribution in [0, 0.1) is 0 Å². The number of allylic oxidation sites excluding steroid dienone is 2. The van der Waals surface area contributed by atoms with Gasteiger partial charge in [-0.3, -0.25) is 0 Å². The van der Waals surface area contributed by atoms with E-state index in [4.69, 9.17) is 24.1 Å². The van der Waals surface area contributed by atoms with Crippen LogP contribution in [0.1, 0.15) is 11.9 Å². The van der Waals surface area contributed by atoms with Gasteiger partial charge in [-0.25, -0.2) is 4.39 Å². The maximum absolute atomic E-state index is 13.5. The number of rotatable bonds is 16. The summed E-state index contributed by atoms with van der Waals surface area (Å²) in [5, 5.41) is 20.5. The zero-order valence-corrected chi connectivity index (χ0v) is 24.4. The summed E-state index contributed by atoms with van der Waals surface area (Å²) in [5.41, 5.74) is 2.95. The molecule has 1 aliphatic heterocycles. The van der Waals surface area contributed by atoms with Crippen molar-refractivity contribution < 1.29 is 38.1 Å². The Bertz CT molecular complexity index is 1330. The van der Waals surface area contributed by atoms with Crippen LogP contribution >= 0.6 is 23.1 Å². The number of methoxy groups -OCH3 is 1. The van der Waals surface area contributed by atoms with Crippen molar-refractivity contribution in [2.75, 3.05) is 71.5 Å². The maximum atomic E-state index is 13.5. The van der Waals surface area contributed by atoms with Gasteiger partial charge in [0.05, 0.1) is 63.5 Å². The Morgan fingerprint density at radius 2 is 1.77 bits per heavy atom. The van der Waals surface area contributed by atoms with Gasteiger partial charge in [0.2, 0.25) is 5.52 Å². The van der Waals surface area contributed by atoms with Crippen molar-refractivity contribution in [2.45, 2.75) is 18.4 Å². The van der Waals surface area contributed by atoms with Gasteiger partial charge in [-0.05, 0) is 42.8 Å². The number of alkyl halides is 1. The lowest BCUT2D eigenvalue weighted by Crippen LogP contribution is -2.36. The smallest absolute Gasteiger partial charge is 0.263 e. The van der Waals surface area contributed by atoms with Gasteiger partial charge in [-0.15, -0.1) is 0 Å². The molecule has 2 N–H and O–H groups in total. The molecular weight excluding hydrogens is 555 g/mol. The highest BCUT2D eigenvalue weighted by atomic mass is 32.2. The van der Waals surface area contributed by atoms with Crippen molar-refractivity contribution in [2.24, 2.45) is 0 Å². The van der Waals surface area contributed by atoms with E-state index < -0.39 is 6.67 Å². The highest BCUT2D eigenvalue weighted by Gasteiger charge is 2.26. The molecular formula is C29H36FN2O6S2+. The van der Waals surface area contributed by atoms with Gasteiger partial charge in [-0.2, -0.15) is 4.57 Å². The first kappa shape index (κ1) is 30.3. The molecule has 0 radical (unpaired) electrons. The molecule has 3 aromatic rings. The third kappa shape index (κ3) is 7.74. The van der Waals surface area contributed by atoms with Crippen LogP contribution in [-0.2, 0) is 16.0 Å². The Labute approximate surface area is 242 Å². The van der Waals surface area contributed by atoms with Crippen molar-refractivity contribution in [1.29, 1.82) is 0 Å². The first-order valence-electron chi connectivity index (χ1n) is 13.1. The molecule has 0 fully saturated rings. The molecule has 0 saturated heterocycles. The number of ether oxygens (including phenoxy) is 4. The molecule has 0 saturated carbocycles. The molecule has 11 heteroatoms. The molecule has 2 aromatic carbocycles. The summed E-state index contributed by atoms with van der Waals surface area (Å²) in [6.07, 6.45) is 4.17. The zero-order chi connectivity index (χ0) is 28.3. The number of hydrogen-bond donors (Lipinski definition) is 2. The van der Waals surface area contributed by atoms with Crippen molar-refractivity contribution in [3.05, 3.63) is 58.1 Å². The lowest BCUT2D eigenvalue weighted by atomic mass is 10.2. The number of benzene rings is 2. The minimum absolute atomic E-state index is 0.00218. The van der Waals surface area contributed by atoms with Crippen molar-refractivity contribution >= 4 is 45.1 Å². The minimum atomic E-state index is -0.459. The lowest BCUT2D eigenvalue weighted by Gasteiger charge is -2.19. The van der Waals surface area contributed by atoms with Gasteiger partial charge in [0.15, 0.2) is 6.54 Å². The van der Waals surface area contributed by atoms with E-state index in [1.54, 1.807) is 30.2 Å². The molecule has 8 nitrogen and oxygen atoms in total. The first-order valence-corrected chi connectivity index (χ1v) is 14.8. The summed E-state index contributed by atoms with van der Waals surface area (Å²) in [5.74, 6) is 1.47. The van der Waals surface area contributed by atoms with Crippen molar-refractivity contribution in [3.8, 4) is 11.5 Å².